The topological polar surface area (TPSA) is 89.3 Å². The molecule has 6 heteroatoms. The molecule has 29 heavy (non-hydrogen) atoms. The summed E-state index contributed by atoms with van der Waals surface area (Å²) < 4.78 is 25.2. The van der Waals surface area contributed by atoms with Crippen LogP contribution in [0.3, 0.4) is 0 Å². The molecule has 3 N–H and O–H groups in total. The van der Waals surface area contributed by atoms with Crippen LogP contribution in [0.15, 0.2) is 83.8 Å². The van der Waals surface area contributed by atoms with Crippen molar-refractivity contribution in [3.63, 3.8) is 0 Å². The predicted molar refractivity (Wildman–Crippen MR) is 117 cm³/mol. The van der Waals surface area contributed by atoms with E-state index in [0.717, 1.165) is 16.7 Å². The second kappa shape index (κ2) is 8.75. The van der Waals surface area contributed by atoms with Crippen molar-refractivity contribution in [3.8, 4) is 0 Å². The first-order valence-corrected chi connectivity index (χ1v) is 10.7. The van der Waals surface area contributed by atoms with Gasteiger partial charge < -0.3 is 11.1 Å². The molecular weight excluding hydrogens is 384 g/mol. The lowest BCUT2D eigenvalue weighted by atomic mass is 10.2. The average molecular weight is 407 g/mol. The van der Waals surface area contributed by atoms with E-state index < -0.39 is 9.84 Å². The number of nitrogens with one attached hydrogen (secondary N) is 1. The predicted octanol–water partition coefficient (Wildman–Crippen LogP) is 4.20. The van der Waals surface area contributed by atoms with Crippen LogP contribution in [0.5, 0.6) is 0 Å². The lowest BCUT2D eigenvalue weighted by Crippen LogP contribution is -2.09. The lowest BCUT2D eigenvalue weighted by molar-refractivity contribution is -0.111. The third kappa shape index (κ3) is 5.56. The van der Waals surface area contributed by atoms with Gasteiger partial charge in [-0.1, -0.05) is 54.1 Å². The third-order valence-electron chi connectivity index (χ3n) is 4.36. The average Bonchev–Trinajstić information content (AvgIpc) is 2.70. The van der Waals surface area contributed by atoms with Gasteiger partial charge in [0.05, 0.1) is 22.0 Å². The van der Waals surface area contributed by atoms with Crippen LogP contribution < -0.4 is 11.1 Å². The molecule has 5 nitrogen and oxygen atoms in total. The van der Waals surface area contributed by atoms with Gasteiger partial charge in [-0.05, 0) is 48.4 Å². The quantitative estimate of drug-likeness (QED) is 0.474. The highest BCUT2D eigenvalue weighted by Crippen LogP contribution is 2.19. The highest BCUT2D eigenvalue weighted by molar-refractivity contribution is 7.90. The summed E-state index contributed by atoms with van der Waals surface area (Å²) in [6, 6.07) is 20.9. The number of carbonyl (C=O) groups is 1. The number of anilines is 2. The first-order valence-electron chi connectivity index (χ1n) is 9.05. The number of nitrogen functional groups attached to an aromatic ring is 1. The third-order valence-corrected chi connectivity index (χ3v) is 6.07. The minimum absolute atomic E-state index is 0.0522. The molecule has 0 saturated heterocycles. The zero-order chi connectivity index (χ0) is 20.9. The number of para-hydroxylation sites is 2. The van der Waals surface area contributed by atoms with E-state index in [1.807, 2.05) is 31.2 Å². The number of amides is 1. The van der Waals surface area contributed by atoms with Crippen molar-refractivity contribution in [3.05, 3.63) is 95.6 Å². The maximum absolute atomic E-state index is 12.6. The number of hydrogen-bond donors (Lipinski definition) is 2. The van der Waals surface area contributed by atoms with Gasteiger partial charge in [-0.25, -0.2) is 8.42 Å². The Morgan fingerprint density at radius 1 is 0.966 bits per heavy atom. The van der Waals surface area contributed by atoms with E-state index >= 15 is 0 Å². The van der Waals surface area contributed by atoms with Crippen molar-refractivity contribution in [2.75, 3.05) is 11.1 Å². The van der Waals surface area contributed by atoms with Crippen LogP contribution >= 0.6 is 0 Å². The van der Waals surface area contributed by atoms with E-state index in [1.165, 1.54) is 6.08 Å². The Morgan fingerprint density at radius 2 is 1.62 bits per heavy atom. The van der Waals surface area contributed by atoms with Gasteiger partial charge in [-0.2, -0.15) is 0 Å². The van der Waals surface area contributed by atoms with Gasteiger partial charge in [0.15, 0.2) is 9.84 Å². The molecule has 3 aromatic carbocycles. The van der Waals surface area contributed by atoms with Crippen LogP contribution in [0.2, 0.25) is 0 Å². The number of rotatable bonds is 6. The minimum atomic E-state index is -3.44. The zero-order valence-corrected chi connectivity index (χ0v) is 16.8. The Morgan fingerprint density at radius 3 is 2.28 bits per heavy atom. The Balaban J connectivity index is 1.66. The molecule has 0 bridgehead atoms. The van der Waals surface area contributed by atoms with Crippen molar-refractivity contribution in [2.24, 2.45) is 0 Å². The molecule has 0 unspecified atom stereocenters. The van der Waals surface area contributed by atoms with Crippen LogP contribution in [-0.4, -0.2) is 14.3 Å². The van der Waals surface area contributed by atoms with Crippen LogP contribution in [0.25, 0.3) is 6.08 Å². The van der Waals surface area contributed by atoms with E-state index in [1.54, 1.807) is 54.6 Å². The largest absolute Gasteiger partial charge is 0.397 e. The first-order chi connectivity index (χ1) is 13.8. The fraction of sp³-hybridized carbons (Fsp3) is 0.0870. The number of nitrogens with two attached hydrogens (primary N) is 1. The van der Waals surface area contributed by atoms with E-state index in [4.69, 9.17) is 5.73 Å². The van der Waals surface area contributed by atoms with Gasteiger partial charge in [-0.15, -0.1) is 0 Å². The van der Waals surface area contributed by atoms with Crippen molar-refractivity contribution >= 4 is 33.2 Å². The van der Waals surface area contributed by atoms with Crippen molar-refractivity contribution in [1.82, 2.24) is 0 Å². The number of aryl methyl sites for hydroxylation is 1. The fourth-order valence-electron chi connectivity index (χ4n) is 2.73. The molecule has 0 aliphatic carbocycles. The van der Waals surface area contributed by atoms with Crippen LogP contribution in [0, 0.1) is 6.92 Å². The number of carbonyl (C=O) groups excluding carboxylic acids is 1. The molecule has 0 radical (unpaired) electrons. The second-order valence-corrected chi connectivity index (χ2v) is 8.71. The van der Waals surface area contributed by atoms with Crippen LogP contribution in [0.4, 0.5) is 11.4 Å². The van der Waals surface area contributed by atoms with Gasteiger partial charge in [0, 0.05) is 6.08 Å². The minimum Gasteiger partial charge on any atom is -0.397 e. The van der Waals surface area contributed by atoms with Crippen molar-refractivity contribution in [1.29, 1.82) is 0 Å². The summed E-state index contributed by atoms with van der Waals surface area (Å²) in [4.78, 5) is 12.3. The maximum atomic E-state index is 12.6. The Kier molecular flexibility index (Phi) is 6.14. The molecule has 0 saturated carbocycles. The van der Waals surface area contributed by atoms with E-state index in [2.05, 4.69) is 5.32 Å². The smallest absolute Gasteiger partial charge is 0.248 e. The maximum Gasteiger partial charge on any atom is 0.248 e. The van der Waals surface area contributed by atoms with Gasteiger partial charge in [0.1, 0.15) is 0 Å². The normalized spacial score (nSPS) is 11.5. The standard InChI is InChI=1S/C23H22N2O3S/c1-17-6-8-19(9-7-17)16-29(27,28)20-13-10-18(11-14-20)12-15-23(26)25-22-5-3-2-4-21(22)24/h2-15H,16,24H2,1H3,(H,25,26)/b15-12+. The molecule has 148 valence electrons. The highest BCUT2D eigenvalue weighted by Gasteiger charge is 2.15. The van der Waals surface area contributed by atoms with E-state index in [-0.39, 0.29) is 16.6 Å². The molecule has 0 aliphatic rings. The summed E-state index contributed by atoms with van der Waals surface area (Å²) in [6.45, 7) is 1.96. The summed E-state index contributed by atoms with van der Waals surface area (Å²) >= 11 is 0. The molecule has 0 aliphatic heterocycles. The van der Waals surface area contributed by atoms with Crippen molar-refractivity contribution in [2.45, 2.75) is 17.6 Å². The molecule has 0 heterocycles. The van der Waals surface area contributed by atoms with E-state index in [0.29, 0.717) is 11.4 Å². The molecular formula is C23H22N2O3S. The summed E-state index contributed by atoms with van der Waals surface area (Å²) in [5.74, 6) is -0.373. The van der Waals surface area contributed by atoms with Crippen LogP contribution in [-0.2, 0) is 20.4 Å². The first kappa shape index (κ1) is 20.4. The highest BCUT2D eigenvalue weighted by atomic mass is 32.2. The summed E-state index contributed by atoms with van der Waals surface area (Å²) in [7, 11) is -3.44. The van der Waals surface area contributed by atoms with E-state index in [9.17, 15) is 13.2 Å². The molecule has 1 amide bonds. The molecule has 0 spiro atoms. The van der Waals surface area contributed by atoms with Gasteiger partial charge >= 0.3 is 0 Å². The Bertz CT molecular complexity index is 1130. The second-order valence-electron chi connectivity index (χ2n) is 6.72. The monoisotopic (exact) mass is 406 g/mol. The van der Waals surface area contributed by atoms with Crippen LogP contribution in [0.1, 0.15) is 16.7 Å². The number of benzene rings is 3. The summed E-state index contributed by atoms with van der Waals surface area (Å²) in [6.07, 6.45) is 2.99. The molecule has 0 aromatic heterocycles. The summed E-state index contributed by atoms with van der Waals surface area (Å²) in [5.41, 5.74) is 9.37. The number of sulfone groups is 1. The zero-order valence-electron chi connectivity index (χ0n) is 16.0. The Hall–Kier alpha value is -3.38. The lowest BCUT2D eigenvalue weighted by Gasteiger charge is -2.06. The SMILES string of the molecule is Cc1ccc(CS(=O)(=O)c2ccc(/C=C/C(=O)Nc3ccccc3N)cc2)cc1. The van der Waals surface area contributed by atoms with Crippen molar-refractivity contribution < 1.29 is 13.2 Å². The van der Waals surface area contributed by atoms with Gasteiger partial charge in [0.2, 0.25) is 5.91 Å². The van der Waals surface area contributed by atoms with Gasteiger partial charge in [-0.3, -0.25) is 4.79 Å². The number of hydrogen-bond acceptors (Lipinski definition) is 4. The van der Waals surface area contributed by atoms with Gasteiger partial charge in [0.25, 0.3) is 0 Å². The molecule has 3 aromatic rings. The molecule has 3 rings (SSSR count). The Labute approximate surface area is 170 Å². The fourth-order valence-corrected chi connectivity index (χ4v) is 4.08. The summed E-state index contributed by atoms with van der Waals surface area (Å²) in [5, 5.41) is 2.70. The molecule has 0 fully saturated rings. The molecule has 0 atom stereocenters.